The predicted octanol–water partition coefficient (Wildman–Crippen LogP) is 4.27. The summed E-state index contributed by atoms with van der Waals surface area (Å²) in [6.45, 7) is 0. The standard InChI is InChI=1S/C21H17NO2/c23-16-22(19-14-8-3-9-15-19)20(17-10-4-1-5-11-17)21(24)18-12-6-2-7-13-18/h1-16,20H/t20-/m1/s1. The van der Waals surface area contributed by atoms with Crippen LogP contribution in [0.15, 0.2) is 91.0 Å². The van der Waals surface area contributed by atoms with Crippen LogP contribution < -0.4 is 4.90 Å². The molecule has 0 spiro atoms. The van der Waals surface area contributed by atoms with Crippen molar-refractivity contribution < 1.29 is 9.59 Å². The lowest BCUT2D eigenvalue weighted by Gasteiger charge is -2.28. The minimum absolute atomic E-state index is 0.113. The number of para-hydroxylation sites is 1. The highest BCUT2D eigenvalue weighted by atomic mass is 16.1. The number of ketones is 1. The van der Waals surface area contributed by atoms with Gasteiger partial charge in [0.1, 0.15) is 6.04 Å². The third kappa shape index (κ3) is 3.25. The van der Waals surface area contributed by atoms with Gasteiger partial charge in [0.05, 0.1) is 0 Å². The van der Waals surface area contributed by atoms with Crippen molar-refractivity contribution in [2.75, 3.05) is 4.90 Å². The van der Waals surface area contributed by atoms with Gasteiger partial charge in [-0.2, -0.15) is 0 Å². The fraction of sp³-hybridized carbons (Fsp3) is 0.0476. The minimum Gasteiger partial charge on any atom is -0.300 e. The molecule has 24 heavy (non-hydrogen) atoms. The normalized spacial score (nSPS) is 11.5. The van der Waals surface area contributed by atoms with Gasteiger partial charge in [0, 0.05) is 11.3 Å². The number of Topliss-reactive ketones (excluding diaryl/α,β-unsaturated/α-hetero) is 1. The zero-order valence-corrected chi connectivity index (χ0v) is 13.1. The van der Waals surface area contributed by atoms with Crippen molar-refractivity contribution in [3.63, 3.8) is 0 Å². The van der Waals surface area contributed by atoms with Crippen LogP contribution in [0, 0.1) is 0 Å². The number of amides is 1. The lowest BCUT2D eigenvalue weighted by Crippen LogP contribution is -2.33. The number of hydrogen-bond donors (Lipinski definition) is 0. The zero-order chi connectivity index (χ0) is 16.8. The summed E-state index contributed by atoms with van der Waals surface area (Å²) >= 11 is 0. The quantitative estimate of drug-likeness (QED) is 0.503. The molecule has 0 saturated heterocycles. The monoisotopic (exact) mass is 315 g/mol. The summed E-state index contributed by atoms with van der Waals surface area (Å²) in [6.07, 6.45) is 0.716. The summed E-state index contributed by atoms with van der Waals surface area (Å²) in [7, 11) is 0. The second kappa shape index (κ2) is 7.38. The van der Waals surface area contributed by atoms with Crippen molar-refractivity contribution in [1.82, 2.24) is 0 Å². The molecule has 0 fully saturated rings. The Morgan fingerprint density at radius 3 is 1.79 bits per heavy atom. The third-order valence-corrected chi connectivity index (χ3v) is 3.87. The Bertz CT molecular complexity index is 801. The van der Waals surface area contributed by atoms with Crippen LogP contribution in [-0.4, -0.2) is 12.2 Å². The minimum atomic E-state index is -0.700. The highest BCUT2D eigenvalue weighted by Crippen LogP contribution is 2.29. The van der Waals surface area contributed by atoms with E-state index in [1.54, 1.807) is 12.1 Å². The number of benzene rings is 3. The summed E-state index contributed by atoms with van der Waals surface area (Å²) in [5, 5.41) is 0. The molecule has 3 heteroatoms. The van der Waals surface area contributed by atoms with Crippen LogP contribution >= 0.6 is 0 Å². The van der Waals surface area contributed by atoms with E-state index >= 15 is 0 Å². The Morgan fingerprint density at radius 1 is 0.750 bits per heavy atom. The fourth-order valence-corrected chi connectivity index (χ4v) is 2.70. The Balaban J connectivity index is 2.08. The van der Waals surface area contributed by atoms with E-state index in [0.717, 1.165) is 5.56 Å². The van der Waals surface area contributed by atoms with Gasteiger partial charge in [-0.3, -0.25) is 14.5 Å². The van der Waals surface area contributed by atoms with Gasteiger partial charge in [-0.1, -0.05) is 78.9 Å². The molecule has 118 valence electrons. The molecule has 0 aromatic heterocycles. The summed E-state index contributed by atoms with van der Waals surface area (Å²) < 4.78 is 0. The molecule has 0 unspecified atom stereocenters. The highest BCUT2D eigenvalue weighted by molar-refractivity contribution is 6.05. The van der Waals surface area contributed by atoms with E-state index in [2.05, 4.69) is 0 Å². The number of hydrogen-bond acceptors (Lipinski definition) is 2. The Morgan fingerprint density at radius 2 is 1.25 bits per heavy atom. The lowest BCUT2D eigenvalue weighted by molar-refractivity contribution is -0.107. The van der Waals surface area contributed by atoms with E-state index < -0.39 is 6.04 Å². The number of rotatable bonds is 6. The largest absolute Gasteiger partial charge is 0.300 e. The first-order chi connectivity index (χ1) is 11.8. The Kier molecular flexibility index (Phi) is 4.82. The summed E-state index contributed by atoms with van der Waals surface area (Å²) in [5.41, 5.74) is 2.04. The molecule has 0 aliphatic heterocycles. The number of anilines is 1. The van der Waals surface area contributed by atoms with Crippen molar-refractivity contribution in [1.29, 1.82) is 0 Å². The van der Waals surface area contributed by atoms with Crippen LogP contribution in [0.4, 0.5) is 5.69 Å². The zero-order valence-electron chi connectivity index (χ0n) is 13.1. The molecule has 0 radical (unpaired) electrons. The topological polar surface area (TPSA) is 37.4 Å². The van der Waals surface area contributed by atoms with E-state index in [1.165, 1.54) is 4.90 Å². The van der Waals surface area contributed by atoms with Gasteiger partial charge in [-0.25, -0.2) is 0 Å². The second-order valence-electron chi connectivity index (χ2n) is 5.39. The van der Waals surface area contributed by atoms with Gasteiger partial charge in [-0.05, 0) is 17.7 Å². The lowest BCUT2D eigenvalue weighted by atomic mass is 9.95. The summed E-state index contributed by atoms with van der Waals surface area (Å²) in [5.74, 6) is -0.113. The first-order valence-electron chi connectivity index (χ1n) is 7.74. The van der Waals surface area contributed by atoms with Crippen molar-refractivity contribution >= 4 is 17.9 Å². The molecule has 0 aliphatic carbocycles. The summed E-state index contributed by atoms with van der Waals surface area (Å²) in [4.78, 5) is 26.4. The van der Waals surface area contributed by atoms with Crippen molar-refractivity contribution in [2.45, 2.75) is 6.04 Å². The molecule has 0 heterocycles. The van der Waals surface area contributed by atoms with Crippen LogP contribution in [0.2, 0.25) is 0 Å². The molecule has 3 aromatic carbocycles. The predicted molar refractivity (Wildman–Crippen MR) is 94.9 cm³/mol. The van der Waals surface area contributed by atoms with Crippen LogP contribution in [0.5, 0.6) is 0 Å². The van der Waals surface area contributed by atoms with E-state index in [0.29, 0.717) is 17.7 Å². The Hall–Kier alpha value is -3.20. The molecule has 3 rings (SSSR count). The average Bonchev–Trinajstić information content (AvgIpc) is 2.67. The van der Waals surface area contributed by atoms with E-state index in [1.807, 2.05) is 78.9 Å². The molecule has 0 aliphatic rings. The van der Waals surface area contributed by atoms with Crippen molar-refractivity contribution in [3.05, 3.63) is 102 Å². The fourth-order valence-electron chi connectivity index (χ4n) is 2.70. The van der Waals surface area contributed by atoms with Gasteiger partial charge in [0.25, 0.3) is 0 Å². The first-order valence-corrected chi connectivity index (χ1v) is 7.74. The number of carbonyl (C=O) groups is 2. The molecular formula is C21H17NO2. The van der Waals surface area contributed by atoms with E-state index in [-0.39, 0.29) is 5.78 Å². The molecule has 0 saturated carbocycles. The van der Waals surface area contributed by atoms with Crippen molar-refractivity contribution in [2.24, 2.45) is 0 Å². The number of carbonyl (C=O) groups excluding carboxylic acids is 2. The second-order valence-corrected chi connectivity index (χ2v) is 5.39. The smallest absolute Gasteiger partial charge is 0.215 e. The van der Waals surface area contributed by atoms with Gasteiger partial charge < -0.3 is 0 Å². The molecule has 1 amide bonds. The molecule has 3 aromatic rings. The maximum Gasteiger partial charge on any atom is 0.215 e. The SMILES string of the molecule is O=CN(c1ccccc1)[C@@H](C(=O)c1ccccc1)c1ccccc1. The van der Waals surface area contributed by atoms with Gasteiger partial charge >= 0.3 is 0 Å². The first kappa shape index (κ1) is 15.7. The molecule has 3 nitrogen and oxygen atoms in total. The van der Waals surface area contributed by atoms with E-state index in [4.69, 9.17) is 0 Å². The number of nitrogens with zero attached hydrogens (tertiary/aromatic N) is 1. The molecule has 1 atom stereocenters. The van der Waals surface area contributed by atoms with Gasteiger partial charge in [-0.15, -0.1) is 0 Å². The average molecular weight is 315 g/mol. The van der Waals surface area contributed by atoms with E-state index in [9.17, 15) is 9.59 Å². The molecular weight excluding hydrogens is 298 g/mol. The molecule has 0 N–H and O–H groups in total. The Labute approximate surface area is 141 Å². The maximum absolute atomic E-state index is 13.1. The molecule has 0 bridgehead atoms. The third-order valence-electron chi connectivity index (χ3n) is 3.87. The maximum atomic E-state index is 13.1. The highest BCUT2D eigenvalue weighted by Gasteiger charge is 2.28. The van der Waals surface area contributed by atoms with Crippen molar-refractivity contribution in [3.8, 4) is 0 Å². The van der Waals surface area contributed by atoms with Gasteiger partial charge in [0.2, 0.25) is 6.41 Å². The van der Waals surface area contributed by atoms with Gasteiger partial charge in [0.15, 0.2) is 5.78 Å². The summed E-state index contributed by atoms with van der Waals surface area (Å²) in [6, 6.07) is 26.9. The van der Waals surface area contributed by atoms with Crippen LogP contribution in [-0.2, 0) is 4.79 Å². The van der Waals surface area contributed by atoms with Crippen LogP contribution in [0.1, 0.15) is 22.0 Å². The van der Waals surface area contributed by atoms with Crippen LogP contribution in [0.25, 0.3) is 0 Å². The van der Waals surface area contributed by atoms with Crippen LogP contribution in [0.3, 0.4) is 0 Å².